The van der Waals surface area contributed by atoms with Crippen LogP contribution in [0.15, 0.2) is 34.2 Å². The van der Waals surface area contributed by atoms with Crippen LogP contribution in [0.3, 0.4) is 0 Å². The van der Waals surface area contributed by atoms with Crippen molar-refractivity contribution in [2.75, 3.05) is 23.5 Å². The van der Waals surface area contributed by atoms with Gasteiger partial charge in [-0.1, -0.05) is 17.8 Å². The Kier molecular flexibility index (Phi) is 6.12. The lowest BCUT2D eigenvalue weighted by Gasteiger charge is -2.08. The molecule has 0 unspecified atom stereocenters. The molecule has 0 aliphatic carbocycles. The first-order valence-electron chi connectivity index (χ1n) is 7.44. The Morgan fingerprint density at radius 2 is 2.08 bits per heavy atom. The summed E-state index contributed by atoms with van der Waals surface area (Å²) in [5.74, 6) is 5.06. The van der Waals surface area contributed by atoms with Crippen LogP contribution in [0.2, 0.25) is 0 Å². The predicted octanol–water partition coefficient (Wildman–Crippen LogP) is 0.141. The van der Waals surface area contributed by atoms with Gasteiger partial charge in [0.15, 0.2) is 0 Å². The summed E-state index contributed by atoms with van der Waals surface area (Å²) < 4.78 is 0.857. The first kappa shape index (κ1) is 18.5. The maximum Gasteiger partial charge on any atom is 0.294 e. The predicted molar refractivity (Wildman–Crippen MR) is 95.0 cm³/mol. The molecule has 9 nitrogen and oxygen atoms in total. The highest BCUT2D eigenvalue weighted by atomic mass is 32.2. The van der Waals surface area contributed by atoms with Crippen LogP contribution >= 0.6 is 11.8 Å². The number of aromatic nitrogens is 3. The number of hydrogen-bond acceptors (Lipinski definition) is 7. The monoisotopic (exact) mass is 362 g/mol. The molecule has 25 heavy (non-hydrogen) atoms. The highest BCUT2D eigenvalue weighted by molar-refractivity contribution is 7.99. The Balaban J connectivity index is 1.99. The summed E-state index contributed by atoms with van der Waals surface area (Å²) in [4.78, 5) is 35.5. The fourth-order valence-electron chi connectivity index (χ4n) is 1.90. The minimum atomic E-state index is -0.465. The number of nitrogens with one attached hydrogen (secondary N) is 2. The van der Waals surface area contributed by atoms with Crippen LogP contribution in [-0.4, -0.2) is 39.0 Å². The summed E-state index contributed by atoms with van der Waals surface area (Å²) in [6.45, 7) is 3.84. The van der Waals surface area contributed by atoms with Crippen molar-refractivity contribution in [3.05, 3.63) is 45.9 Å². The fourth-order valence-corrected chi connectivity index (χ4v) is 2.55. The van der Waals surface area contributed by atoms with E-state index in [1.54, 1.807) is 24.3 Å². The summed E-state index contributed by atoms with van der Waals surface area (Å²) in [6, 6.07) is 6.59. The molecule has 2 aromatic rings. The van der Waals surface area contributed by atoms with Crippen molar-refractivity contribution in [1.29, 1.82) is 0 Å². The van der Waals surface area contributed by atoms with Gasteiger partial charge in [0.2, 0.25) is 11.1 Å². The van der Waals surface area contributed by atoms with Crippen LogP contribution in [0.25, 0.3) is 0 Å². The molecule has 4 N–H and O–H groups in total. The average Bonchev–Trinajstić information content (AvgIpc) is 2.59. The molecule has 0 spiro atoms. The largest absolute Gasteiger partial charge is 0.352 e. The van der Waals surface area contributed by atoms with E-state index in [1.165, 1.54) is 6.92 Å². The van der Waals surface area contributed by atoms with Crippen molar-refractivity contribution < 1.29 is 9.59 Å². The number of anilines is 1. The normalized spacial score (nSPS) is 10.3. The second kappa shape index (κ2) is 8.29. The smallest absolute Gasteiger partial charge is 0.294 e. The summed E-state index contributed by atoms with van der Waals surface area (Å²) in [6.07, 6.45) is 0. The van der Waals surface area contributed by atoms with E-state index in [0.29, 0.717) is 17.8 Å². The van der Waals surface area contributed by atoms with Crippen molar-refractivity contribution in [1.82, 2.24) is 20.2 Å². The molecular weight excluding hydrogens is 344 g/mol. The van der Waals surface area contributed by atoms with Gasteiger partial charge in [0.25, 0.3) is 11.5 Å². The summed E-state index contributed by atoms with van der Waals surface area (Å²) >= 11 is 0.989. The highest BCUT2D eigenvalue weighted by Gasteiger charge is 2.11. The minimum absolute atomic E-state index is 0.0141. The Labute approximate surface area is 148 Å². The molecule has 1 aromatic heterocycles. The molecule has 0 saturated carbocycles. The fraction of sp³-hybridized carbons (Fsp3) is 0.267. The van der Waals surface area contributed by atoms with Gasteiger partial charge in [-0.2, -0.15) is 4.68 Å². The number of amides is 2. The molecule has 1 heterocycles. The molecule has 2 amide bonds. The van der Waals surface area contributed by atoms with E-state index in [9.17, 15) is 14.4 Å². The van der Waals surface area contributed by atoms with Crippen molar-refractivity contribution in [2.24, 2.45) is 0 Å². The van der Waals surface area contributed by atoms with Crippen molar-refractivity contribution in [3.8, 4) is 0 Å². The molecule has 10 heteroatoms. The van der Waals surface area contributed by atoms with E-state index < -0.39 is 5.56 Å². The molecule has 0 saturated heterocycles. The van der Waals surface area contributed by atoms with Gasteiger partial charge in [-0.3, -0.25) is 14.4 Å². The Bertz CT molecular complexity index is 851. The molecule has 0 aliphatic rings. The first-order chi connectivity index (χ1) is 11.9. The lowest BCUT2D eigenvalue weighted by molar-refractivity contribution is -0.113. The van der Waals surface area contributed by atoms with Gasteiger partial charge < -0.3 is 16.5 Å². The second-order valence-electron chi connectivity index (χ2n) is 5.02. The third-order valence-corrected chi connectivity index (χ3v) is 4.04. The Hall–Kier alpha value is -2.88. The zero-order chi connectivity index (χ0) is 18.4. The van der Waals surface area contributed by atoms with Gasteiger partial charge in [-0.25, -0.2) is 0 Å². The highest BCUT2D eigenvalue weighted by Crippen LogP contribution is 2.14. The van der Waals surface area contributed by atoms with Gasteiger partial charge in [-0.05, 0) is 32.0 Å². The third-order valence-electron chi connectivity index (χ3n) is 3.10. The van der Waals surface area contributed by atoms with Crippen LogP contribution in [0.1, 0.15) is 23.0 Å². The maximum atomic E-state index is 12.0. The van der Waals surface area contributed by atoms with E-state index in [4.69, 9.17) is 5.84 Å². The quantitative estimate of drug-likeness (QED) is 0.492. The zero-order valence-corrected chi connectivity index (χ0v) is 14.6. The van der Waals surface area contributed by atoms with Gasteiger partial charge in [0.1, 0.15) is 5.69 Å². The van der Waals surface area contributed by atoms with E-state index >= 15 is 0 Å². The molecule has 0 aliphatic heterocycles. The van der Waals surface area contributed by atoms with Gasteiger partial charge >= 0.3 is 0 Å². The van der Waals surface area contributed by atoms with E-state index in [-0.39, 0.29) is 28.4 Å². The minimum Gasteiger partial charge on any atom is -0.352 e. The van der Waals surface area contributed by atoms with Crippen molar-refractivity contribution in [2.45, 2.75) is 19.0 Å². The topological polar surface area (TPSA) is 132 Å². The summed E-state index contributed by atoms with van der Waals surface area (Å²) in [5.41, 5.74) is 0.660. The van der Waals surface area contributed by atoms with Gasteiger partial charge in [0.05, 0.1) is 5.75 Å². The second-order valence-corrected chi connectivity index (χ2v) is 5.96. The number of rotatable bonds is 6. The lowest BCUT2D eigenvalue weighted by Crippen LogP contribution is -2.32. The third kappa shape index (κ3) is 4.80. The van der Waals surface area contributed by atoms with Crippen molar-refractivity contribution in [3.63, 3.8) is 0 Å². The maximum absolute atomic E-state index is 12.0. The standard InChI is InChI=1S/C15H18N6O3S/c1-3-17-13(23)10-5-4-6-11(7-10)18-12(22)8-25-15-20-19-9(2)14(24)21(15)16/h4-7H,3,8,16H2,1-2H3,(H,17,23)(H,18,22). The van der Waals surface area contributed by atoms with Crippen LogP contribution in [0.5, 0.6) is 0 Å². The molecule has 0 radical (unpaired) electrons. The molecule has 0 fully saturated rings. The van der Waals surface area contributed by atoms with E-state index in [0.717, 1.165) is 16.4 Å². The van der Waals surface area contributed by atoms with Crippen LogP contribution in [-0.2, 0) is 4.79 Å². The number of nitrogens with two attached hydrogens (primary N) is 1. The zero-order valence-electron chi connectivity index (χ0n) is 13.8. The summed E-state index contributed by atoms with van der Waals surface area (Å²) in [7, 11) is 0. The van der Waals surface area contributed by atoms with E-state index in [1.807, 2.05) is 6.92 Å². The van der Waals surface area contributed by atoms with E-state index in [2.05, 4.69) is 20.8 Å². The number of thioether (sulfide) groups is 1. The Morgan fingerprint density at radius 1 is 1.32 bits per heavy atom. The molecule has 0 atom stereocenters. The first-order valence-corrected chi connectivity index (χ1v) is 8.43. The molecular formula is C15H18N6O3S. The number of aryl methyl sites for hydroxylation is 1. The van der Waals surface area contributed by atoms with Gasteiger partial charge in [0, 0.05) is 17.8 Å². The van der Waals surface area contributed by atoms with Crippen LogP contribution in [0.4, 0.5) is 5.69 Å². The van der Waals surface area contributed by atoms with Crippen LogP contribution in [0, 0.1) is 6.92 Å². The Morgan fingerprint density at radius 3 is 2.80 bits per heavy atom. The number of carbonyl (C=O) groups excluding carboxylic acids is 2. The number of hydrogen-bond donors (Lipinski definition) is 3. The molecule has 0 bridgehead atoms. The average molecular weight is 362 g/mol. The number of nitrogen functional groups attached to an aromatic ring is 1. The van der Waals surface area contributed by atoms with Crippen LogP contribution < -0.4 is 22.0 Å². The molecule has 2 rings (SSSR count). The van der Waals surface area contributed by atoms with Gasteiger partial charge in [-0.15, -0.1) is 10.2 Å². The summed E-state index contributed by atoms with van der Waals surface area (Å²) in [5, 5.41) is 13.0. The SMILES string of the molecule is CCNC(=O)c1cccc(NC(=O)CSc2nnc(C)c(=O)n2N)c1. The molecule has 132 valence electrons. The number of carbonyl (C=O) groups is 2. The lowest BCUT2D eigenvalue weighted by atomic mass is 10.2. The number of nitrogens with zero attached hydrogens (tertiary/aromatic N) is 3. The number of benzene rings is 1. The molecule has 1 aromatic carbocycles. The van der Waals surface area contributed by atoms with Crippen molar-refractivity contribution >= 4 is 29.3 Å².